The highest BCUT2D eigenvalue weighted by atomic mass is 32.1. The van der Waals surface area contributed by atoms with Gasteiger partial charge < -0.3 is 15.1 Å². The lowest BCUT2D eigenvalue weighted by Gasteiger charge is -2.34. The van der Waals surface area contributed by atoms with E-state index in [1.165, 1.54) is 0 Å². The molecule has 0 aromatic heterocycles. The number of likely N-dealkylation sites (N-methyl/N-ethyl adjacent to an activating group) is 1. The third kappa shape index (κ3) is 3.48. The number of thiocarbonyl (C=S) groups is 1. The van der Waals surface area contributed by atoms with Crippen molar-refractivity contribution in [2.45, 2.75) is 13.3 Å². The Hall–Kier alpha value is -0.350. The lowest BCUT2D eigenvalue weighted by molar-refractivity contribution is 0.214. The van der Waals surface area contributed by atoms with Gasteiger partial charge in [-0.15, -0.1) is 0 Å². The topological polar surface area (TPSA) is 18.5 Å². The summed E-state index contributed by atoms with van der Waals surface area (Å²) in [5.41, 5.74) is 0. The zero-order valence-corrected chi connectivity index (χ0v) is 9.36. The number of nitrogens with zero attached hydrogens (tertiary/aromatic N) is 2. The molecule has 1 heterocycles. The molecule has 0 aliphatic carbocycles. The van der Waals surface area contributed by atoms with Crippen molar-refractivity contribution in [2.75, 3.05) is 39.8 Å². The Morgan fingerprint density at radius 1 is 1.31 bits per heavy atom. The first-order valence-electron chi connectivity index (χ1n) is 4.95. The highest BCUT2D eigenvalue weighted by Crippen LogP contribution is 1.99. The number of hydrogen-bond acceptors (Lipinski definition) is 2. The van der Waals surface area contributed by atoms with Gasteiger partial charge in [-0.25, -0.2) is 0 Å². The maximum Gasteiger partial charge on any atom is 0.169 e. The molecule has 3 nitrogen and oxygen atoms in total. The maximum atomic E-state index is 5.27. The monoisotopic (exact) mass is 201 g/mol. The van der Waals surface area contributed by atoms with Crippen LogP contribution in [0.15, 0.2) is 0 Å². The molecule has 0 unspecified atom stereocenters. The quantitative estimate of drug-likeness (QED) is 0.656. The minimum absolute atomic E-state index is 0.926. The van der Waals surface area contributed by atoms with Crippen LogP contribution < -0.4 is 5.32 Å². The van der Waals surface area contributed by atoms with Gasteiger partial charge in [0.1, 0.15) is 0 Å². The Balaban J connectivity index is 2.23. The number of piperazine rings is 1. The summed E-state index contributed by atoms with van der Waals surface area (Å²) in [4.78, 5) is 4.59. The lowest BCUT2D eigenvalue weighted by Crippen LogP contribution is -2.50. The summed E-state index contributed by atoms with van der Waals surface area (Å²) >= 11 is 5.27. The van der Waals surface area contributed by atoms with Gasteiger partial charge in [0.15, 0.2) is 5.11 Å². The Labute approximate surface area is 86.1 Å². The summed E-state index contributed by atoms with van der Waals surface area (Å²) in [7, 11) is 2.15. The van der Waals surface area contributed by atoms with Crippen molar-refractivity contribution in [1.29, 1.82) is 0 Å². The van der Waals surface area contributed by atoms with Crippen LogP contribution in [0.25, 0.3) is 0 Å². The van der Waals surface area contributed by atoms with Gasteiger partial charge in [-0.1, -0.05) is 6.92 Å². The molecule has 1 saturated heterocycles. The Morgan fingerprint density at radius 3 is 2.46 bits per heavy atom. The molecular weight excluding hydrogens is 182 g/mol. The van der Waals surface area contributed by atoms with Crippen molar-refractivity contribution in [3.8, 4) is 0 Å². The smallest absolute Gasteiger partial charge is 0.169 e. The Kier molecular flexibility index (Phi) is 4.45. The average molecular weight is 201 g/mol. The van der Waals surface area contributed by atoms with Crippen LogP contribution in [0, 0.1) is 0 Å². The highest BCUT2D eigenvalue weighted by Gasteiger charge is 2.15. The second-order valence-corrected chi connectivity index (χ2v) is 3.91. The molecule has 0 aromatic rings. The van der Waals surface area contributed by atoms with Crippen molar-refractivity contribution in [3.05, 3.63) is 0 Å². The summed E-state index contributed by atoms with van der Waals surface area (Å²) in [6, 6.07) is 0. The molecule has 0 amide bonds. The zero-order valence-electron chi connectivity index (χ0n) is 8.55. The molecule has 0 radical (unpaired) electrons. The summed E-state index contributed by atoms with van der Waals surface area (Å²) in [6.45, 7) is 7.50. The molecule has 76 valence electrons. The van der Waals surface area contributed by atoms with Gasteiger partial charge in [-0.3, -0.25) is 0 Å². The number of hydrogen-bond donors (Lipinski definition) is 1. The Morgan fingerprint density at radius 2 is 1.92 bits per heavy atom. The predicted octanol–water partition coefficient (Wildman–Crippen LogP) is 0.518. The summed E-state index contributed by atoms with van der Waals surface area (Å²) in [5.74, 6) is 0. The molecule has 4 heteroatoms. The molecule has 0 atom stereocenters. The largest absolute Gasteiger partial charge is 0.363 e. The minimum Gasteiger partial charge on any atom is -0.363 e. The molecule has 0 aromatic carbocycles. The summed E-state index contributed by atoms with van der Waals surface area (Å²) < 4.78 is 0. The fourth-order valence-corrected chi connectivity index (χ4v) is 1.64. The zero-order chi connectivity index (χ0) is 9.68. The molecule has 1 rings (SSSR count). The molecule has 0 bridgehead atoms. The van der Waals surface area contributed by atoms with E-state index >= 15 is 0 Å². The summed E-state index contributed by atoms with van der Waals surface area (Å²) in [6.07, 6.45) is 1.13. The van der Waals surface area contributed by atoms with Crippen molar-refractivity contribution >= 4 is 17.3 Å². The van der Waals surface area contributed by atoms with E-state index in [0.717, 1.165) is 44.3 Å². The second-order valence-electron chi connectivity index (χ2n) is 3.52. The maximum absolute atomic E-state index is 5.27. The molecular formula is C9H19N3S. The van der Waals surface area contributed by atoms with E-state index in [-0.39, 0.29) is 0 Å². The molecule has 0 spiro atoms. The van der Waals surface area contributed by atoms with Crippen LogP contribution >= 0.6 is 12.2 Å². The van der Waals surface area contributed by atoms with Gasteiger partial charge >= 0.3 is 0 Å². The molecule has 0 saturated carbocycles. The van der Waals surface area contributed by atoms with E-state index in [1.807, 2.05) is 0 Å². The van der Waals surface area contributed by atoms with Crippen LogP contribution in [-0.4, -0.2) is 54.7 Å². The predicted molar refractivity (Wildman–Crippen MR) is 60.0 cm³/mol. The Bertz CT molecular complexity index is 164. The highest BCUT2D eigenvalue weighted by molar-refractivity contribution is 7.80. The van der Waals surface area contributed by atoms with Gasteiger partial charge in [0.05, 0.1) is 0 Å². The van der Waals surface area contributed by atoms with Crippen molar-refractivity contribution in [2.24, 2.45) is 0 Å². The molecule has 1 N–H and O–H groups in total. The average Bonchev–Trinajstić information content (AvgIpc) is 2.15. The van der Waals surface area contributed by atoms with Crippen LogP contribution in [0.4, 0.5) is 0 Å². The summed E-state index contributed by atoms with van der Waals surface area (Å²) in [5, 5.41) is 4.18. The van der Waals surface area contributed by atoms with Gasteiger partial charge in [0.25, 0.3) is 0 Å². The van der Waals surface area contributed by atoms with Gasteiger partial charge in [-0.2, -0.15) is 0 Å². The van der Waals surface area contributed by atoms with Crippen LogP contribution in [0.5, 0.6) is 0 Å². The van der Waals surface area contributed by atoms with Crippen LogP contribution in [0.2, 0.25) is 0 Å². The first-order chi connectivity index (χ1) is 6.24. The minimum atomic E-state index is 0.926. The molecule has 1 fully saturated rings. The lowest BCUT2D eigenvalue weighted by atomic mass is 10.3. The SMILES string of the molecule is CCCNC(=S)N1CCN(C)CC1. The van der Waals surface area contributed by atoms with E-state index in [9.17, 15) is 0 Å². The van der Waals surface area contributed by atoms with Crippen LogP contribution in [0.1, 0.15) is 13.3 Å². The molecule has 1 aliphatic rings. The molecule has 13 heavy (non-hydrogen) atoms. The van der Waals surface area contributed by atoms with E-state index in [4.69, 9.17) is 12.2 Å². The van der Waals surface area contributed by atoms with Crippen molar-refractivity contribution in [3.63, 3.8) is 0 Å². The normalized spacial score (nSPS) is 18.8. The van der Waals surface area contributed by atoms with Gasteiger partial charge in [0.2, 0.25) is 0 Å². The first-order valence-corrected chi connectivity index (χ1v) is 5.36. The van der Waals surface area contributed by atoms with E-state index in [1.54, 1.807) is 0 Å². The first kappa shape index (κ1) is 10.7. The number of rotatable bonds is 2. The van der Waals surface area contributed by atoms with Crippen molar-refractivity contribution < 1.29 is 0 Å². The third-order valence-electron chi connectivity index (χ3n) is 2.32. The standard InChI is InChI=1S/C9H19N3S/c1-3-4-10-9(13)12-7-5-11(2)6-8-12/h3-8H2,1-2H3,(H,10,13). The van der Waals surface area contributed by atoms with Crippen LogP contribution in [0.3, 0.4) is 0 Å². The van der Waals surface area contributed by atoms with E-state index < -0.39 is 0 Å². The van der Waals surface area contributed by atoms with Crippen LogP contribution in [-0.2, 0) is 0 Å². The third-order valence-corrected chi connectivity index (χ3v) is 2.72. The van der Waals surface area contributed by atoms with E-state index in [0.29, 0.717) is 0 Å². The fourth-order valence-electron chi connectivity index (χ4n) is 1.35. The van der Waals surface area contributed by atoms with Crippen molar-refractivity contribution in [1.82, 2.24) is 15.1 Å². The van der Waals surface area contributed by atoms with Gasteiger partial charge in [0, 0.05) is 32.7 Å². The molecule has 1 aliphatic heterocycles. The van der Waals surface area contributed by atoms with E-state index in [2.05, 4.69) is 29.1 Å². The second kappa shape index (κ2) is 5.40. The number of nitrogens with one attached hydrogen (secondary N) is 1. The van der Waals surface area contributed by atoms with Gasteiger partial charge in [-0.05, 0) is 25.7 Å². The fraction of sp³-hybridized carbons (Fsp3) is 0.889.